The molecule has 2 rings (SSSR count). The van der Waals surface area contributed by atoms with Gasteiger partial charge < -0.3 is 10.1 Å². The maximum atomic E-state index is 12.4. The molecule has 1 aromatic heterocycles. The molecular weight excluding hydrogens is 360 g/mol. The average molecular weight is 373 g/mol. The lowest BCUT2D eigenvalue weighted by atomic mass is 10.2. The third-order valence-corrected chi connectivity index (χ3v) is 5.50. The van der Waals surface area contributed by atoms with Gasteiger partial charge in [0.05, 0.1) is 0 Å². The van der Waals surface area contributed by atoms with Crippen LogP contribution in [-0.4, -0.2) is 35.8 Å². The highest BCUT2D eigenvalue weighted by atomic mass is 79.9. The molecule has 0 saturated heterocycles. The van der Waals surface area contributed by atoms with Gasteiger partial charge in [0.1, 0.15) is 10.6 Å². The number of carboxylic acid groups (broad SMARTS) is 1. The van der Waals surface area contributed by atoms with E-state index in [1.165, 1.54) is 17.5 Å². The van der Waals surface area contributed by atoms with E-state index in [9.17, 15) is 13.2 Å². The Labute approximate surface area is 130 Å². The molecule has 1 aromatic carbocycles. The fourth-order valence-corrected chi connectivity index (χ4v) is 3.33. The summed E-state index contributed by atoms with van der Waals surface area (Å²) in [5, 5.41) is 8.83. The SMILES string of the molecule is CN(Cc1ccccc1Br)S(=O)(=O)c1c[nH]c(C(=O)O)c1. The van der Waals surface area contributed by atoms with Gasteiger partial charge in [0.15, 0.2) is 0 Å². The van der Waals surface area contributed by atoms with Crippen LogP contribution in [0.5, 0.6) is 0 Å². The van der Waals surface area contributed by atoms with Crippen LogP contribution in [-0.2, 0) is 16.6 Å². The van der Waals surface area contributed by atoms with Gasteiger partial charge in [-0.3, -0.25) is 0 Å². The Kier molecular flexibility index (Phi) is 4.50. The minimum absolute atomic E-state index is 0.0746. The molecule has 21 heavy (non-hydrogen) atoms. The highest BCUT2D eigenvalue weighted by molar-refractivity contribution is 9.10. The van der Waals surface area contributed by atoms with Gasteiger partial charge >= 0.3 is 5.97 Å². The Morgan fingerprint density at radius 3 is 2.62 bits per heavy atom. The Hall–Kier alpha value is -1.64. The normalized spacial score (nSPS) is 11.8. The zero-order valence-electron chi connectivity index (χ0n) is 11.1. The number of carbonyl (C=O) groups is 1. The molecular formula is C13H13BrN2O4S. The number of nitrogens with zero attached hydrogens (tertiary/aromatic N) is 1. The third kappa shape index (κ3) is 3.34. The number of halogens is 1. The molecule has 0 amide bonds. The molecule has 8 heteroatoms. The number of benzene rings is 1. The van der Waals surface area contributed by atoms with Crippen LogP contribution in [0.3, 0.4) is 0 Å². The molecule has 0 radical (unpaired) electrons. The zero-order chi connectivity index (χ0) is 15.6. The molecule has 1 heterocycles. The first-order valence-electron chi connectivity index (χ1n) is 5.94. The molecule has 112 valence electrons. The second-order valence-corrected chi connectivity index (χ2v) is 7.31. The Bertz CT molecular complexity index is 770. The maximum absolute atomic E-state index is 12.4. The fraction of sp³-hybridized carbons (Fsp3) is 0.154. The van der Waals surface area contributed by atoms with Crippen molar-refractivity contribution in [1.29, 1.82) is 0 Å². The molecule has 0 aliphatic rings. The third-order valence-electron chi connectivity index (χ3n) is 2.95. The molecule has 0 unspecified atom stereocenters. The fourth-order valence-electron chi connectivity index (χ4n) is 1.78. The summed E-state index contributed by atoms with van der Waals surface area (Å²) < 4.78 is 26.7. The molecule has 0 aliphatic heterocycles. The van der Waals surface area contributed by atoms with Crippen LogP contribution in [0.2, 0.25) is 0 Å². The van der Waals surface area contributed by atoms with Crippen LogP contribution in [0.15, 0.2) is 45.9 Å². The monoisotopic (exact) mass is 372 g/mol. The lowest BCUT2D eigenvalue weighted by Gasteiger charge is -2.17. The van der Waals surface area contributed by atoms with Crippen molar-refractivity contribution in [2.75, 3.05) is 7.05 Å². The van der Waals surface area contributed by atoms with Crippen LogP contribution < -0.4 is 0 Å². The molecule has 0 spiro atoms. The Morgan fingerprint density at radius 2 is 2.05 bits per heavy atom. The quantitative estimate of drug-likeness (QED) is 0.842. The first-order valence-corrected chi connectivity index (χ1v) is 8.17. The lowest BCUT2D eigenvalue weighted by molar-refractivity contribution is 0.0691. The number of carboxylic acids is 1. The molecule has 2 aromatic rings. The van der Waals surface area contributed by atoms with Crippen molar-refractivity contribution in [3.8, 4) is 0 Å². The molecule has 0 bridgehead atoms. The summed E-state index contributed by atoms with van der Waals surface area (Å²) >= 11 is 3.37. The topological polar surface area (TPSA) is 90.5 Å². The highest BCUT2D eigenvalue weighted by Gasteiger charge is 2.23. The van der Waals surface area contributed by atoms with E-state index in [-0.39, 0.29) is 17.1 Å². The average Bonchev–Trinajstić information content (AvgIpc) is 2.91. The molecule has 0 saturated carbocycles. The van der Waals surface area contributed by atoms with E-state index >= 15 is 0 Å². The van der Waals surface area contributed by atoms with Crippen molar-refractivity contribution in [1.82, 2.24) is 9.29 Å². The van der Waals surface area contributed by atoms with Crippen molar-refractivity contribution >= 4 is 31.9 Å². The molecule has 0 aliphatic carbocycles. The van der Waals surface area contributed by atoms with Gasteiger partial charge in [-0.2, -0.15) is 4.31 Å². The molecule has 2 N–H and O–H groups in total. The van der Waals surface area contributed by atoms with Crippen molar-refractivity contribution in [2.24, 2.45) is 0 Å². The first-order chi connectivity index (χ1) is 9.82. The molecule has 6 nitrogen and oxygen atoms in total. The summed E-state index contributed by atoms with van der Waals surface area (Å²) in [6, 6.07) is 8.41. The number of hydrogen-bond donors (Lipinski definition) is 2. The second-order valence-electron chi connectivity index (χ2n) is 4.41. The van der Waals surface area contributed by atoms with Gasteiger partial charge in [0.25, 0.3) is 0 Å². The van der Waals surface area contributed by atoms with E-state index in [1.54, 1.807) is 0 Å². The van der Waals surface area contributed by atoms with Crippen molar-refractivity contribution in [3.05, 3.63) is 52.3 Å². The van der Waals surface area contributed by atoms with Crippen LogP contribution in [0.1, 0.15) is 16.1 Å². The lowest BCUT2D eigenvalue weighted by Crippen LogP contribution is -2.26. The Morgan fingerprint density at radius 1 is 1.38 bits per heavy atom. The number of aromatic carboxylic acids is 1. The maximum Gasteiger partial charge on any atom is 0.352 e. The summed E-state index contributed by atoms with van der Waals surface area (Å²) in [5.74, 6) is -1.20. The largest absolute Gasteiger partial charge is 0.477 e. The van der Waals surface area contributed by atoms with E-state index < -0.39 is 16.0 Å². The highest BCUT2D eigenvalue weighted by Crippen LogP contribution is 2.21. The van der Waals surface area contributed by atoms with Gasteiger partial charge in [-0.25, -0.2) is 13.2 Å². The zero-order valence-corrected chi connectivity index (χ0v) is 13.5. The van der Waals surface area contributed by atoms with Gasteiger partial charge in [-0.1, -0.05) is 34.1 Å². The van der Waals surface area contributed by atoms with Crippen molar-refractivity contribution in [3.63, 3.8) is 0 Å². The summed E-state index contributed by atoms with van der Waals surface area (Å²) in [7, 11) is -2.30. The van der Waals surface area contributed by atoms with E-state index in [2.05, 4.69) is 20.9 Å². The van der Waals surface area contributed by atoms with Gasteiger partial charge in [-0.15, -0.1) is 0 Å². The second kappa shape index (κ2) is 6.00. The van der Waals surface area contributed by atoms with Crippen molar-refractivity contribution < 1.29 is 18.3 Å². The van der Waals surface area contributed by atoms with Gasteiger partial charge in [0.2, 0.25) is 10.0 Å². The van der Waals surface area contributed by atoms with E-state index in [1.807, 2.05) is 24.3 Å². The number of aromatic nitrogens is 1. The van der Waals surface area contributed by atoms with Crippen LogP contribution >= 0.6 is 15.9 Å². The predicted octanol–water partition coefficient (Wildman–Crippen LogP) is 2.30. The predicted molar refractivity (Wildman–Crippen MR) is 80.5 cm³/mol. The minimum Gasteiger partial charge on any atom is -0.477 e. The number of hydrogen-bond acceptors (Lipinski definition) is 3. The van der Waals surface area contributed by atoms with Gasteiger partial charge in [-0.05, 0) is 17.7 Å². The van der Waals surface area contributed by atoms with E-state index in [0.29, 0.717) is 0 Å². The first kappa shape index (κ1) is 15.7. The number of aromatic amines is 1. The molecule has 0 atom stereocenters. The standard InChI is InChI=1S/C13H13BrN2O4S/c1-16(8-9-4-2-3-5-11(9)14)21(19,20)10-6-12(13(17)18)15-7-10/h2-7,15H,8H2,1H3,(H,17,18). The summed E-state index contributed by atoms with van der Waals surface area (Å²) in [6.45, 7) is 0.178. The molecule has 0 fully saturated rings. The van der Waals surface area contributed by atoms with Gasteiger partial charge in [0, 0.05) is 24.3 Å². The minimum atomic E-state index is -3.75. The van der Waals surface area contributed by atoms with Crippen LogP contribution in [0, 0.1) is 0 Å². The number of H-pyrrole nitrogens is 1. The Balaban J connectivity index is 2.26. The van der Waals surface area contributed by atoms with Crippen molar-refractivity contribution in [2.45, 2.75) is 11.4 Å². The number of sulfonamides is 1. The number of nitrogens with one attached hydrogen (secondary N) is 1. The number of rotatable bonds is 5. The summed E-state index contributed by atoms with van der Waals surface area (Å²) in [5.41, 5.74) is 0.653. The smallest absolute Gasteiger partial charge is 0.352 e. The summed E-state index contributed by atoms with van der Waals surface area (Å²) in [6.07, 6.45) is 1.18. The van der Waals surface area contributed by atoms with E-state index in [4.69, 9.17) is 5.11 Å². The summed E-state index contributed by atoms with van der Waals surface area (Å²) in [4.78, 5) is 13.2. The van der Waals surface area contributed by atoms with Crippen LogP contribution in [0.25, 0.3) is 0 Å². The van der Waals surface area contributed by atoms with Crippen LogP contribution in [0.4, 0.5) is 0 Å². The van der Waals surface area contributed by atoms with E-state index in [0.717, 1.165) is 16.1 Å².